The maximum atomic E-state index is 11.0. The summed E-state index contributed by atoms with van der Waals surface area (Å²) in [4.78, 5) is 10.6. The van der Waals surface area contributed by atoms with Gasteiger partial charge in [-0.15, -0.1) is 0 Å². The third-order valence-corrected chi connectivity index (χ3v) is 3.32. The zero-order valence-corrected chi connectivity index (χ0v) is 9.84. The molecule has 1 aliphatic carbocycles. The highest BCUT2D eigenvalue weighted by Gasteiger charge is 2.27. The number of nitro groups is 1. The lowest BCUT2D eigenvalue weighted by molar-refractivity contribution is -0.385. The van der Waals surface area contributed by atoms with Gasteiger partial charge in [0.25, 0.3) is 0 Å². The van der Waals surface area contributed by atoms with E-state index in [4.69, 9.17) is 4.74 Å². The van der Waals surface area contributed by atoms with Gasteiger partial charge in [0, 0.05) is 18.1 Å². The fourth-order valence-corrected chi connectivity index (χ4v) is 2.54. The first kappa shape index (κ1) is 10.8. The number of ether oxygens (including phenoxy) is 1. The van der Waals surface area contributed by atoms with Gasteiger partial charge < -0.3 is 4.74 Å². The number of hydrogen-bond donors (Lipinski definition) is 0. The quantitative estimate of drug-likeness (QED) is 0.511. The molecule has 3 rings (SSSR count). The monoisotopic (exact) mass is 241 g/mol. The smallest absolute Gasteiger partial charge is 0.311 e. The molecule has 2 aromatic carbocycles. The van der Waals surface area contributed by atoms with Gasteiger partial charge in [0.05, 0.1) is 12.0 Å². The van der Waals surface area contributed by atoms with Crippen molar-refractivity contribution in [3.8, 4) is 16.9 Å². The maximum Gasteiger partial charge on any atom is 0.311 e. The first-order chi connectivity index (χ1) is 8.72. The minimum Gasteiger partial charge on any atom is -0.490 e. The fraction of sp³-hybridized carbons (Fsp3) is 0.143. The second-order valence-corrected chi connectivity index (χ2v) is 4.24. The highest BCUT2D eigenvalue weighted by atomic mass is 16.6. The minimum absolute atomic E-state index is 0.0315. The van der Waals surface area contributed by atoms with Crippen LogP contribution in [0.2, 0.25) is 0 Å². The van der Waals surface area contributed by atoms with Crippen LogP contribution in [-0.2, 0) is 6.42 Å². The molecule has 0 unspecified atom stereocenters. The van der Waals surface area contributed by atoms with Gasteiger partial charge in [-0.3, -0.25) is 10.1 Å². The summed E-state index contributed by atoms with van der Waals surface area (Å²) in [6, 6.07) is 11.3. The lowest BCUT2D eigenvalue weighted by atomic mass is 10.0. The molecule has 90 valence electrons. The summed E-state index contributed by atoms with van der Waals surface area (Å²) in [5, 5.41) is 11.0. The van der Waals surface area contributed by atoms with Crippen molar-refractivity contribution in [1.29, 1.82) is 0 Å². The van der Waals surface area contributed by atoms with Gasteiger partial charge >= 0.3 is 5.69 Å². The van der Waals surface area contributed by atoms with Crippen LogP contribution in [0.15, 0.2) is 36.4 Å². The van der Waals surface area contributed by atoms with Crippen molar-refractivity contribution in [1.82, 2.24) is 0 Å². The largest absolute Gasteiger partial charge is 0.490 e. The van der Waals surface area contributed by atoms with E-state index >= 15 is 0 Å². The summed E-state index contributed by atoms with van der Waals surface area (Å²) in [6.45, 7) is 0. The average molecular weight is 241 g/mol. The molecule has 4 nitrogen and oxygen atoms in total. The van der Waals surface area contributed by atoms with Crippen LogP contribution in [0.1, 0.15) is 11.1 Å². The zero-order chi connectivity index (χ0) is 12.7. The molecule has 0 bridgehead atoms. The number of benzene rings is 2. The second kappa shape index (κ2) is 3.84. The summed E-state index contributed by atoms with van der Waals surface area (Å²) in [5.41, 5.74) is 4.30. The van der Waals surface area contributed by atoms with Crippen molar-refractivity contribution >= 4 is 5.69 Å². The van der Waals surface area contributed by atoms with Crippen molar-refractivity contribution in [3.63, 3.8) is 0 Å². The number of nitro benzene ring substituents is 1. The van der Waals surface area contributed by atoms with Gasteiger partial charge in [-0.05, 0) is 22.8 Å². The molecule has 0 fully saturated rings. The lowest BCUT2D eigenvalue weighted by Gasteiger charge is -2.07. The molecule has 2 aromatic rings. The minimum atomic E-state index is -0.401. The molecule has 0 saturated carbocycles. The van der Waals surface area contributed by atoms with Gasteiger partial charge in [-0.2, -0.15) is 0 Å². The van der Waals surface area contributed by atoms with E-state index in [1.807, 2.05) is 30.3 Å². The van der Waals surface area contributed by atoms with Crippen molar-refractivity contribution in [3.05, 3.63) is 57.6 Å². The molecule has 1 aliphatic rings. The first-order valence-corrected chi connectivity index (χ1v) is 5.65. The molecule has 0 aromatic heterocycles. The molecule has 0 atom stereocenters. The van der Waals surface area contributed by atoms with Crippen molar-refractivity contribution in [2.75, 3.05) is 7.11 Å². The Kier molecular flexibility index (Phi) is 2.30. The summed E-state index contributed by atoms with van der Waals surface area (Å²) in [5.74, 6) is 0.383. The van der Waals surface area contributed by atoms with Crippen LogP contribution in [-0.4, -0.2) is 12.0 Å². The summed E-state index contributed by atoms with van der Waals surface area (Å²) in [6.07, 6.45) is 0.691. The Morgan fingerprint density at radius 3 is 2.67 bits per heavy atom. The van der Waals surface area contributed by atoms with E-state index in [0.717, 1.165) is 16.7 Å². The summed E-state index contributed by atoms with van der Waals surface area (Å²) < 4.78 is 5.24. The normalized spacial score (nSPS) is 11.8. The van der Waals surface area contributed by atoms with E-state index in [9.17, 15) is 10.1 Å². The van der Waals surface area contributed by atoms with Crippen LogP contribution >= 0.6 is 0 Å². The predicted octanol–water partition coefficient (Wildman–Crippen LogP) is 3.17. The Bertz CT molecular complexity index is 649. The summed E-state index contributed by atoms with van der Waals surface area (Å²) in [7, 11) is 1.48. The molecule has 0 heterocycles. The van der Waals surface area contributed by atoms with Gasteiger partial charge in [-0.25, -0.2) is 0 Å². The van der Waals surface area contributed by atoms with E-state index in [1.54, 1.807) is 0 Å². The standard InChI is InChI=1S/C14H11NO3/c1-18-14-12-8-9-4-2-3-5-10(9)11(12)6-7-13(14)15(16)17/h2-7H,8H2,1H3. The molecule has 4 heteroatoms. The second-order valence-electron chi connectivity index (χ2n) is 4.24. The molecule has 0 spiro atoms. The highest BCUT2D eigenvalue weighted by Crippen LogP contribution is 2.44. The number of rotatable bonds is 2. The lowest BCUT2D eigenvalue weighted by Crippen LogP contribution is -1.97. The predicted molar refractivity (Wildman–Crippen MR) is 67.9 cm³/mol. The van der Waals surface area contributed by atoms with Gasteiger partial charge in [-0.1, -0.05) is 24.3 Å². The highest BCUT2D eigenvalue weighted by molar-refractivity contribution is 5.81. The fourth-order valence-electron chi connectivity index (χ4n) is 2.54. The third-order valence-electron chi connectivity index (χ3n) is 3.32. The van der Waals surface area contributed by atoms with E-state index < -0.39 is 4.92 Å². The molecule has 0 amide bonds. The molecule has 0 saturated heterocycles. The van der Waals surface area contributed by atoms with Crippen LogP contribution in [0, 0.1) is 10.1 Å². The van der Waals surface area contributed by atoms with Crippen LogP contribution in [0.25, 0.3) is 11.1 Å². The number of fused-ring (bicyclic) bond motifs is 3. The van der Waals surface area contributed by atoms with Gasteiger partial charge in [0.2, 0.25) is 5.75 Å². The Hall–Kier alpha value is -2.36. The number of nitrogens with zero attached hydrogens (tertiary/aromatic N) is 1. The SMILES string of the molecule is COc1c([N+](=O)[O-])ccc2c1Cc1ccccc1-2. The van der Waals surface area contributed by atoms with E-state index in [0.29, 0.717) is 12.2 Å². The third kappa shape index (κ3) is 1.39. The molecule has 0 N–H and O–H groups in total. The van der Waals surface area contributed by atoms with Crippen LogP contribution in [0.4, 0.5) is 5.69 Å². The van der Waals surface area contributed by atoms with Gasteiger partial charge in [0.15, 0.2) is 0 Å². The zero-order valence-electron chi connectivity index (χ0n) is 9.84. The molecular formula is C14H11NO3. The van der Waals surface area contributed by atoms with E-state index in [-0.39, 0.29) is 5.69 Å². The number of hydrogen-bond acceptors (Lipinski definition) is 3. The Balaban J connectivity index is 2.26. The molecular weight excluding hydrogens is 230 g/mol. The van der Waals surface area contributed by atoms with E-state index in [2.05, 4.69) is 0 Å². The first-order valence-electron chi connectivity index (χ1n) is 5.65. The van der Waals surface area contributed by atoms with Gasteiger partial charge in [0.1, 0.15) is 0 Å². The Morgan fingerprint density at radius 2 is 1.94 bits per heavy atom. The average Bonchev–Trinajstić information content (AvgIpc) is 2.75. The van der Waals surface area contributed by atoms with Crippen LogP contribution in [0.3, 0.4) is 0 Å². The van der Waals surface area contributed by atoms with Crippen LogP contribution < -0.4 is 4.74 Å². The van der Waals surface area contributed by atoms with Crippen molar-refractivity contribution in [2.24, 2.45) is 0 Å². The van der Waals surface area contributed by atoms with Crippen molar-refractivity contribution in [2.45, 2.75) is 6.42 Å². The molecule has 18 heavy (non-hydrogen) atoms. The summed E-state index contributed by atoms with van der Waals surface area (Å²) >= 11 is 0. The molecule has 0 aliphatic heterocycles. The number of methoxy groups -OCH3 is 1. The topological polar surface area (TPSA) is 52.4 Å². The maximum absolute atomic E-state index is 11.0. The Labute approximate surface area is 104 Å². The van der Waals surface area contributed by atoms with E-state index in [1.165, 1.54) is 18.7 Å². The molecule has 0 radical (unpaired) electrons. The van der Waals surface area contributed by atoms with Crippen LogP contribution in [0.5, 0.6) is 5.75 Å². The Morgan fingerprint density at radius 1 is 1.17 bits per heavy atom. The van der Waals surface area contributed by atoms with Crippen molar-refractivity contribution < 1.29 is 9.66 Å².